The minimum atomic E-state index is 0.680. The maximum absolute atomic E-state index is 6.17. The molecule has 1 heterocycles. The lowest BCUT2D eigenvalue weighted by atomic mass is 9.90. The van der Waals surface area contributed by atoms with E-state index in [1.165, 1.54) is 42.0 Å². The van der Waals surface area contributed by atoms with Gasteiger partial charge in [-0.25, -0.2) is 4.98 Å². The van der Waals surface area contributed by atoms with E-state index in [2.05, 4.69) is 10.3 Å². The van der Waals surface area contributed by atoms with Crippen molar-refractivity contribution in [3.05, 3.63) is 15.0 Å². The molecule has 1 saturated carbocycles. The average molecular weight is 259 g/mol. The molecule has 4 heteroatoms. The van der Waals surface area contributed by atoms with Crippen molar-refractivity contribution in [2.24, 2.45) is 0 Å². The highest BCUT2D eigenvalue weighted by atomic mass is 35.5. The van der Waals surface area contributed by atoms with Crippen LogP contribution in [0.15, 0.2) is 0 Å². The number of halogens is 1. The number of likely N-dealkylation sites (N-methyl/N-ethyl adjacent to an activating group) is 1. The summed E-state index contributed by atoms with van der Waals surface area (Å²) in [5.74, 6) is 0.680. The first-order valence-corrected chi connectivity index (χ1v) is 7.30. The van der Waals surface area contributed by atoms with Gasteiger partial charge >= 0.3 is 0 Å². The van der Waals surface area contributed by atoms with Crippen LogP contribution in [-0.4, -0.2) is 18.6 Å². The molecule has 2 nitrogen and oxygen atoms in total. The molecule has 0 aromatic carbocycles. The Morgan fingerprint density at radius 3 is 2.81 bits per heavy atom. The van der Waals surface area contributed by atoms with Crippen LogP contribution >= 0.6 is 22.9 Å². The number of thiazole rings is 1. The van der Waals surface area contributed by atoms with Gasteiger partial charge < -0.3 is 5.32 Å². The van der Waals surface area contributed by atoms with Gasteiger partial charge in [0, 0.05) is 10.8 Å². The average Bonchev–Trinajstić information content (AvgIpc) is 2.69. The first kappa shape index (κ1) is 12.3. The van der Waals surface area contributed by atoms with Gasteiger partial charge in [-0.3, -0.25) is 0 Å². The van der Waals surface area contributed by atoms with Crippen LogP contribution in [0.25, 0.3) is 0 Å². The quantitative estimate of drug-likeness (QED) is 0.893. The Hall–Kier alpha value is -0.120. The Morgan fingerprint density at radius 1 is 1.38 bits per heavy atom. The van der Waals surface area contributed by atoms with Crippen molar-refractivity contribution in [3.8, 4) is 0 Å². The Morgan fingerprint density at radius 2 is 2.12 bits per heavy atom. The lowest BCUT2D eigenvalue weighted by Crippen LogP contribution is -2.09. The molecule has 0 spiro atoms. The Labute approximate surface area is 106 Å². The number of nitrogens with one attached hydrogen (secondary N) is 1. The third-order valence-corrected chi connectivity index (χ3v) is 4.93. The smallest absolute Gasteiger partial charge is 0.143 e. The summed E-state index contributed by atoms with van der Waals surface area (Å²) in [6.45, 7) is 0.978. The third kappa shape index (κ3) is 2.96. The van der Waals surface area contributed by atoms with E-state index in [1.54, 1.807) is 0 Å². The van der Waals surface area contributed by atoms with Crippen molar-refractivity contribution in [1.29, 1.82) is 0 Å². The highest BCUT2D eigenvalue weighted by Crippen LogP contribution is 2.37. The Balaban J connectivity index is 2.03. The summed E-state index contributed by atoms with van der Waals surface area (Å²) in [5, 5.41) is 5.16. The van der Waals surface area contributed by atoms with Crippen molar-refractivity contribution in [2.45, 2.75) is 44.4 Å². The van der Waals surface area contributed by atoms with E-state index in [1.807, 2.05) is 18.4 Å². The zero-order chi connectivity index (χ0) is 11.4. The predicted molar refractivity (Wildman–Crippen MR) is 70.6 cm³/mol. The van der Waals surface area contributed by atoms with Crippen molar-refractivity contribution in [2.75, 3.05) is 13.6 Å². The molecule has 0 amide bonds. The van der Waals surface area contributed by atoms with Crippen LogP contribution in [0.2, 0.25) is 5.15 Å². The van der Waals surface area contributed by atoms with Crippen molar-refractivity contribution in [1.82, 2.24) is 10.3 Å². The molecule has 0 bridgehead atoms. The van der Waals surface area contributed by atoms with Gasteiger partial charge in [-0.1, -0.05) is 30.9 Å². The molecule has 1 aromatic heterocycles. The monoisotopic (exact) mass is 258 g/mol. The molecule has 2 rings (SSSR count). The van der Waals surface area contributed by atoms with Crippen molar-refractivity contribution in [3.63, 3.8) is 0 Å². The molecular weight excluding hydrogens is 240 g/mol. The normalized spacial score (nSPS) is 17.9. The molecule has 16 heavy (non-hydrogen) atoms. The highest BCUT2D eigenvalue weighted by molar-refractivity contribution is 7.12. The van der Waals surface area contributed by atoms with Crippen LogP contribution < -0.4 is 5.32 Å². The number of rotatable bonds is 4. The van der Waals surface area contributed by atoms with Gasteiger partial charge in [-0.2, -0.15) is 0 Å². The second-order valence-electron chi connectivity index (χ2n) is 4.45. The third-order valence-electron chi connectivity index (χ3n) is 3.22. The Bertz CT molecular complexity index is 332. The fourth-order valence-electron chi connectivity index (χ4n) is 2.27. The zero-order valence-electron chi connectivity index (χ0n) is 9.76. The molecule has 1 fully saturated rings. The molecule has 90 valence electrons. The van der Waals surface area contributed by atoms with Crippen LogP contribution in [0.1, 0.15) is 47.9 Å². The summed E-state index contributed by atoms with van der Waals surface area (Å²) in [6.07, 6.45) is 7.70. The van der Waals surface area contributed by atoms with E-state index in [4.69, 9.17) is 11.6 Å². The number of hydrogen-bond acceptors (Lipinski definition) is 3. The minimum absolute atomic E-state index is 0.680. The fourth-order valence-corrected chi connectivity index (χ4v) is 3.74. The van der Waals surface area contributed by atoms with Gasteiger partial charge in [-0.15, -0.1) is 11.3 Å². The van der Waals surface area contributed by atoms with Crippen LogP contribution in [0.5, 0.6) is 0 Å². The number of nitrogens with zero attached hydrogens (tertiary/aromatic N) is 1. The SMILES string of the molecule is CNCCc1sc(C2CCCCC2)nc1Cl. The van der Waals surface area contributed by atoms with Gasteiger partial charge in [0.2, 0.25) is 0 Å². The molecule has 0 unspecified atom stereocenters. The molecule has 1 aromatic rings. The number of hydrogen-bond donors (Lipinski definition) is 1. The molecule has 0 aliphatic heterocycles. The predicted octanol–water partition coefficient (Wildman–Crippen LogP) is 3.61. The molecule has 0 radical (unpaired) electrons. The largest absolute Gasteiger partial charge is 0.319 e. The highest BCUT2D eigenvalue weighted by Gasteiger charge is 2.20. The van der Waals surface area contributed by atoms with Crippen molar-refractivity contribution < 1.29 is 0 Å². The van der Waals surface area contributed by atoms with E-state index in [-0.39, 0.29) is 0 Å². The molecule has 0 atom stereocenters. The summed E-state index contributed by atoms with van der Waals surface area (Å²) in [4.78, 5) is 5.79. The van der Waals surface area contributed by atoms with Crippen molar-refractivity contribution >= 4 is 22.9 Å². The number of aromatic nitrogens is 1. The summed E-state index contributed by atoms with van der Waals surface area (Å²) in [6, 6.07) is 0. The van der Waals surface area contributed by atoms with E-state index in [9.17, 15) is 0 Å². The van der Waals surface area contributed by atoms with Gasteiger partial charge in [0.1, 0.15) is 5.15 Å². The second kappa shape index (κ2) is 5.99. The first-order valence-electron chi connectivity index (χ1n) is 6.11. The summed E-state index contributed by atoms with van der Waals surface area (Å²) in [7, 11) is 1.97. The molecule has 1 aliphatic carbocycles. The molecule has 1 aliphatic rings. The van der Waals surface area contributed by atoms with Crippen LogP contribution in [0, 0.1) is 0 Å². The van der Waals surface area contributed by atoms with Crippen LogP contribution in [-0.2, 0) is 6.42 Å². The second-order valence-corrected chi connectivity index (χ2v) is 5.93. The molecular formula is C12H19ClN2S. The maximum Gasteiger partial charge on any atom is 0.143 e. The van der Waals surface area contributed by atoms with Gasteiger partial charge in [-0.05, 0) is 32.9 Å². The molecule has 1 N–H and O–H groups in total. The van der Waals surface area contributed by atoms with Gasteiger partial charge in [0.05, 0.1) is 5.01 Å². The lowest BCUT2D eigenvalue weighted by Gasteiger charge is -2.18. The van der Waals surface area contributed by atoms with E-state index in [0.29, 0.717) is 5.92 Å². The zero-order valence-corrected chi connectivity index (χ0v) is 11.3. The summed E-state index contributed by atoms with van der Waals surface area (Å²) in [5.41, 5.74) is 0. The lowest BCUT2D eigenvalue weighted by molar-refractivity contribution is 0.442. The van der Waals surface area contributed by atoms with E-state index in [0.717, 1.165) is 18.1 Å². The maximum atomic E-state index is 6.17. The fraction of sp³-hybridized carbons (Fsp3) is 0.750. The summed E-state index contributed by atoms with van der Waals surface area (Å²) >= 11 is 7.99. The van der Waals surface area contributed by atoms with Crippen LogP contribution in [0.3, 0.4) is 0 Å². The topological polar surface area (TPSA) is 24.9 Å². The Kier molecular flexibility index (Phi) is 4.62. The minimum Gasteiger partial charge on any atom is -0.319 e. The van der Waals surface area contributed by atoms with Gasteiger partial charge in [0.15, 0.2) is 0 Å². The standard InChI is InChI=1S/C12H19ClN2S/c1-14-8-7-10-11(13)15-12(16-10)9-5-3-2-4-6-9/h9,14H,2-8H2,1H3. The van der Waals surface area contributed by atoms with Gasteiger partial charge in [0.25, 0.3) is 0 Å². The summed E-state index contributed by atoms with van der Waals surface area (Å²) < 4.78 is 0. The van der Waals surface area contributed by atoms with E-state index >= 15 is 0 Å². The van der Waals surface area contributed by atoms with Crippen LogP contribution in [0.4, 0.5) is 0 Å². The molecule has 0 saturated heterocycles. The van der Waals surface area contributed by atoms with E-state index < -0.39 is 0 Å². The first-order chi connectivity index (χ1) is 7.81.